The second-order valence-electron chi connectivity index (χ2n) is 6.01. The van der Waals surface area contributed by atoms with Crippen molar-refractivity contribution >= 4 is 49.0 Å². The molecule has 0 saturated carbocycles. The maximum atomic E-state index is 12.8. The molecule has 0 saturated heterocycles. The number of hydrogen-bond acceptors (Lipinski definition) is 7. The molecule has 0 aliphatic carbocycles. The van der Waals surface area contributed by atoms with Crippen molar-refractivity contribution in [2.45, 2.75) is 25.7 Å². The molecule has 2 aromatic heterocycles. The number of aromatic nitrogens is 1. The first-order valence-electron chi connectivity index (χ1n) is 8.43. The van der Waals surface area contributed by atoms with Crippen molar-refractivity contribution in [1.82, 2.24) is 4.98 Å². The second-order valence-corrected chi connectivity index (χ2v) is 8.69. The van der Waals surface area contributed by atoms with E-state index in [2.05, 4.69) is 9.71 Å². The van der Waals surface area contributed by atoms with E-state index in [0.29, 0.717) is 20.7 Å². The summed E-state index contributed by atoms with van der Waals surface area (Å²) in [6.45, 7) is 5.06. The van der Waals surface area contributed by atoms with Gasteiger partial charge in [-0.1, -0.05) is 12.1 Å². The zero-order valence-electron chi connectivity index (χ0n) is 15.5. The molecule has 28 heavy (non-hydrogen) atoms. The summed E-state index contributed by atoms with van der Waals surface area (Å²) in [4.78, 5) is 28.9. The largest absolute Gasteiger partial charge is 0.462 e. The lowest BCUT2D eigenvalue weighted by Gasteiger charge is -2.11. The van der Waals surface area contributed by atoms with Crippen molar-refractivity contribution in [2.24, 2.45) is 0 Å². The quantitative estimate of drug-likeness (QED) is 0.483. The van der Waals surface area contributed by atoms with Crippen LogP contribution in [0.5, 0.6) is 0 Å². The molecule has 1 N–H and O–H groups in total. The van der Waals surface area contributed by atoms with E-state index in [4.69, 9.17) is 4.74 Å². The number of nitrogens with one attached hydrogen (secondary N) is 1. The van der Waals surface area contributed by atoms with Crippen molar-refractivity contribution in [3.05, 3.63) is 52.5 Å². The number of carbonyl (C=O) groups is 2. The molecule has 146 valence electrons. The lowest BCUT2D eigenvalue weighted by atomic mass is 10.1. The molecule has 0 fully saturated rings. The molecule has 0 unspecified atom stereocenters. The summed E-state index contributed by atoms with van der Waals surface area (Å²) >= 11 is 1.16. The Hall–Kier alpha value is -2.78. The van der Waals surface area contributed by atoms with Crippen LogP contribution in [0.25, 0.3) is 10.2 Å². The standard InChI is InChI=1S/C19H18N2O5S2/c1-4-26-19(23)17-11(2)15-9-13(10-20-18(15)27-17)28(24,25)21-16-8-6-5-7-14(16)12(3)22/h5-10,21H,4H2,1-3H3. The SMILES string of the molecule is CCOC(=O)c1sc2ncc(S(=O)(=O)Nc3ccccc3C(C)=O)cc2c1C. The number of pyridine rings is 1. The molecular formula is C19H18N2O5S2. The number of hydrogen-bond donors (Lipinski definition) is 1. The van der Waals surface area contributed by atoms with E-state index in [1.54, 1.807) is 32.0 Å². The van der Waals surface area contributed by atoms with Crippen molar-refractivity contribution in [2.75, 3.05) is 11.3 Å². The number of esters is 1. The van der Waals surface area contributed by atoms with Crippen LogP contribution in [0.1, 0.15) is 39.4 Å². The highest BCUT2D eigenvalue weighted by molar-refractivity contribution is 7.92. The third-order valence-corrected chi connectivity index (χ3v) is 6.62. The van der Waals surface area contributed by atoms with E-state index in [1.165, 1.54) is 25.3 Å². The highest BCUT2D eigenvalue weighted by Crippen LogP contribution is 2.32. The number of anilines is 1. The number of sulfonamides is 1. The van der Waals surface area contributed by atoms with Gasteiger partial charge in [0.1, 0.15) is 14.6 Å². The Labute approximate surface area is 166 Å². The van der Waals surface area contributed by atoms with E-state index in [1.807, 2.05) is 0 Å². The summed E-state index contributed by atoms with van der Waals surface area (Å²) < 4.78 is 33.1. The van der Waals surface area contributed by atoms with Crippen LogP contribution in [0.4, 0.5) is 5.69 Å². The van der Waals surface area contributed by atoms with Gasteiger partial charge in [-0.3, -0.25) is 9.52 Å². The molecule has 2 heterocycles. The number of fused-ring (bicyclic) bond motifs is 1. The van der Waals surface area contributed by atoms with Crippen molar-refractivity contribution in [1.29, 1.82) is 0 Å². The Kier molecular flexibility index (Phi) is 5.48. The van der Waals surface area contributed by atoms with Gasteiger partial charge in [-0.05, 0) is 44.5 Å². The molecule has 0 aliphatic rings. The Morgan fingerprint density at radius 3 is 2.64 bits per heavy atom. The number of thiophene rings is 1. The van der Waals surface area contributed by atoms with Crippen LogP contribution in [0, 0.1) is 6.92 Å². The molecule has 1 aromatic carbocycles. The van der Waals surface area contributed by atoms with Gasteiger partial charge in [0, 0.05) is 17.1 Å². The number of benzene rings is 1. The van der Waals surface area contributed by atoms with Gasteiger partial charge in [-0.25, -0.2) is 18.2 Å². The van der Waals surface area contributed by atoms with Crippen LogP contribution in [0.2, 0.25) is 0 Å². The zero-order chi connectivity index (χ0) is 20.5. The van der Waals surface area contributed by atoms with Crippen LogP contribution in [0.3, 0.4) is 0 Å². The van der Waals surface area contributed by atoms with E-state index in [0.717, 1.165) is 11.3 Å². The van der Waals surface area contributed by atoms with Crippen LogP contribution in [-0.4, -0.2) is 31.8 Å². The van der Waals surface area contributed by atoms with E-state index in [9.17, 15) is 18.0 Å². The summed E-state index contributed by atoms with van der Waals surface area (Å²) in [6, 6.07) is 7.84. The molecular weight excluding hydrogens is 400 g/mol. The van der Waals surface area contributed by atoms with Crippen molar-refractivity contribution in [3.8, 4) is 0 Å². The summed E-state index contributed by atoms with van der Waals surface area (Å²) in [5, 5.41) is 0.566. The number of para-hydroxylation sites is 1. The maximum absolute atomic E-state index is 12.8. The van der Waals surface area contributed by atoms with Gasteiger partial charge in [-0.2, -0.15) is 0 Å². The fraction of sp³-hybridized carbons (Fsp3) is 0.211. The molecule has 0 bridgehead atoms. The topological polar surface area (TPSA) is 102 Å². The lowest BCUT2D eigenvalue weighted by Crippen LogP contribution is -2.15. The number of nitrogens with zero attached hydrogens (tertiary/aromatic N) is 1. The van der Waals surface area contributed by atoms with E-state index in [-0.39, 0.29) is 28.5 Å². The predicted molar refractivity (Wildman–Crippen MR) is 108 cm³/mol. The van der Waals surface area contributed by atoms with Gasteiger partial charge in [-0.15, -0.1) is 11.3 Å². The Morgan fingerprint density at radius 2 is 1.96 bits per heavy atom. The number of ether oxygens (including phenoxy) is 1. The number of rotatable bonds is 6. The van der Waals surface area contributed by atoms with Crippen LogP contribution in [0.15, 0.2) is 41.4 Å². The van der Waals surface area contributed by atoms with Crippen LogP contribution in [-0.2, 0) is 14.8 Å². The van der Waals surface area contributed by atoms with Gasteiger partial charge in [0.2, 0.25) is 0 Å². The van der Waals surface area contributed by atoms with Crippen molar-refractivity contribution in [3.63, 3.8) is 0 Å². The first-order chi connectivity index (χ1) is 13.2. The summed E-state index contributed by atoms with van der Waals surface area (Å²) in [6.07, 6.45) is 1.23. The molecule has 0 radical (unpaired) electrons. The third kappa shape index (κ3) is 3.76. The average Bonchev–Trinajstić information content (AvgIpc) is 2.98. The van der Waals surface area contributed by atoms with Crippen molar-refractivity contribution < 1.29 is 22.7 Å². The second kappa shape index (κ2) is 7.69. The summed E-state index contributed by atoms with van der Waals surface area (Å²) in [5.41, 5.74) is 1.09. The van der Waals surface area contributed by atoms with Gasteiger partial charge in [0.15, 0.2) is 5.78 Å². The lowest BCUT2D eigenvalue weighted by molar-refractivity contribution is 0.0531. The molecule has 3 rings (SSSR count). The van der Waals surface area contributed by atoms with Gasteiger partial charge < -0.3 is 4.74 Å². The summed E-state index contributed by atoms with van der Waals surface area (Å²) in [7, 11) is -3.98. The molecule has 7 nitrogen and oxygen atoms in total. The first kappa shape index (κ1) is 20.0. The minimum absolute atomic E-state index is 0.0605. The minimum Gasteiger partial charge on any atom is -0.462 e. The fourth-order valence-electron chi connectivity index (χ4n) is 2.70. The number of ketones is 1. The van der Waals surface area contributed by atoms with Gasteiger partial charge >= 0.3 is 5.97 Å². The summed E-state index contributed by atoms with van der Waals surface area (Å²) in [5.74, 6) is -0.708. The van der Waals surface area contributed by atoms with Gasteiger partial charge in [0.05, 0.1) is 12.3 Å². The Balaban J connectivity index is 2.02. The molecule has 9 heteroatoms. The fourth-order valence-corrected chi connectivity index (χ4v) is 4.78. The zero-order valence-corrected chi connectivity index (χ0v) is 17.1. The highest BCUT2D eigenvalue weighted by atomic mass is 32.2. The average molecular weight is 418 g/mol. The van der Waals surface area contributed by atoms with Crippen LogP contribution < -0.4 is 4.72 Å². The van der Waals surface area contributed by atoms with Crippen LogP contribution >= 0.6 is 11.3 Å². The number of carbonyl (C=O) groups excluding carboxylic acids is 2. The molecule has 0 spiro atoms. The van der Waals surface area contributed by atoms with E-state index >= 15 is 0 Å². The highest BCUT2D eigenvalue weighted by Gasteiger charge is 2.22. The smallest absolute Gasteiger partial charge is 0.348 e. The monoisotopic (exact) mass is 418 g/mol. The minimum atomic E-state index is -3.98. The van der Waals surface area contributed by atoms with Gasteiger partial charge in [0.25, 0.3) is 10.0 Å². The molecule has 3 aromatic rings. The predicted octanol–water partition coefficient (Wildman–Crippen LogP) is 3.78. The third-order valence-electron chi connectivity index (χ3n) is 4.09. The Morgan fingerprint density at radius 1 is 1.25 bits per heavy atom. The normalized spacial score (nSPS) is 11.4. The number of Topliss-reactive ketones (excluding diaryl/α,β-unsaturated/α-hetero) is 1. The molecule has 0 amide bonds. The molecule has 0 atom stereocenters. The Bertz CT molecular complexity index is 1180. The molecule has 0 aliphatic heterocycles. The first-order valence-corrected chi connectivity index (χ1v) is 10.7. The van der Waals surface area contributed by atoms with E-state index < -0.39 is 16.0 Å². The maximum Gasteiger partial charge on any atom is 0.348 e. The number of aryl methyl sites for hydroxylation is 1.